The molecular weight excluding hydrogens is 221 g/mol. The molecule has 2 rings (SSSR count). The molecule has 1 aliphatic carbocycles. The average Bonchev–Trinajstić information content (AvgIpc) is 3.07. The molecule has 1 aliphatic rings. The van der Waals surface area contributed by atoms with Crippen LogP contribution in [0.25, 0.3) is 0 Å². The summed E-state index contributed by atoms with van der Waals surface area (Å²) >= 11 is 0. The summed E-state index contributed by atoms with van der Waals surface area (Å²) in [5.74, 6) is -0.777. The molecular formula is C12H16FN3O. The SMILES string of the molecule is NCCC1(CNC(=O)c2cncc(F)c2)CC1. The third-order valence-corrected chi connectivity index (χ3v) is 3.22. The Morgan fingerprint density at radius 1 is 1.53 bits per heavy atom. The first-order valence-corrected chi connectivity index (χ1v) is 5.74. The average molecular weight is 237 g/mol. The minimum absolute atomic E-state index is 0.186. The van der Waals surface area contributed by atoms with Crippen molar-refractivity contribution in [1.82, 2.24) is 10.3 Å². The van der Waals surface area contributed by atoms with E-state index < -0.39 is 5.82 Å². The van der Waals surface area contributed by atoms with Crippen molar-refractivity contribution in [3.63, 3.8) is 0 Å². The number of nitrogens with one attached hydrogen (secondary N) is 1. The van der Waals surface area contributed by atoms with Crippen LogP contribution in [0.1, 0.15) is 29.6 Å². The number of carbonyl (C=O) groups is 1. The maximum Gasteiger partial charge on any atom is 0.252 e. The zero-order valence-corrected chi connectivity index (χ0v) is 9.58. The minimum atomic E-state index is -0.499. The lowest BCUT2D eigenvalue weighted by Gasteiger charge is -2.14. The van der Waals surface area contributed by atoms with Gasteiger partial charge in [0.25, 0.3) is 5.91 Å². The van der Waals surface area contributed by atoms with E-state index in [4.69, 9.17) is 5.73 Å². The Morgan fingerprint density at radius 2 is 2.29 bits per heavy atom. The number of nitrogens with zero attached hydrogens (tertiary/aromatic N) is 1. The van der Waals surface area contributed by atoms with Crippen molar-refractivity contribution >= 4 is 5.91 Å². The molecule has 0 saturated heterocycles. The van der Waals surface area contributed by atoms with Crippen molar-refractivity contribution in [2.75, 3.05) is 13.1 Å². The van der Waals surface area contributed by atoms with Crippen molar-refractivity contribution in [1.29, 1.82) is 0 Å². The van der Waals surface area contributed by atoms with E-state index in [0.29, 0.717) is 13.1 Å². The Morgan fingerprint density at radius 3 is 2.88 bits per heavy atom. The molecule has 4 nitrogen and oxygen atoms in total. The number of carbonyl (C=O) groups excluding carboxylic acids is 1. The zero-order valence-electron chi connectivity index (χ0n) is 9.58. The Kier molecular flexibility index (Phi) is 3.38. The first-order chi connectivity index (χ1) is 8.15. The molecule has 3 N–H and O–H groups in total. The second kappa shape index (κ2) is 4.79. The van der Waals surface area contributed by atoms with Crippen molar-refractivity contribution in [3.05, 3.63) is 29.8 Å². The second-order valence-electron chi connectivity index (χ2n) is 4.61. The fourth-order valence-corrected chi connectivity index (χ4v) is 1.90. The highest BCUT2D eigenvalue weighted by Crippen LogP contribution is 2.47. The van der Waals surface area contributed by atoms with E-state index >= 15 is 0 Å². The van der Waals surface area contributed by atoms with E-state index in [0.717, 1.165) is 25.5 Å². The van der Waals surface area contributed by atoms with Gasteiger partial charge in [-0.3, -0.25) is 9.78 Å². The number of hydrogen-bond acceptors (Lipinski definition) is 3. The highest BCUT2D eigenvalue weighted by Gasteiger charge is 2.41. The highest BCUT2D eigenvalue weighted by atomic mass is 19.1. The van der Waals surface area contributed by atoms with Crippen LogP contribution in [0.5, 0.6) is 0 Å². The predicted octanol–water partition coefficient (Wildman–Crippen LogP) is 1.08. The molecule has 0 aliphatic heterocycles. The van der Waals surface area contributed by atoms with Gasteiger partial charge in [0, 0.05) is 12.7 Å². The number of pyridine rings is 1. The summed E-state index contributed by atoms with van der Waals surface area (Å²) in [6.07, 6.45) is 5.57. The van der Waals surface area contributed by atoms with Gasteiger partial charge in [0.1, 0.15) is 5.82 Å². The van der Waals surface area contributed by atoms with Gasteiger partial charge in [-0.25, -0.2) is 4.39 Å². The van der Waals surface area contributed by atoms with Crippen molar-refractivity contribution in [3.8, 4) is 0 Å². The van der Waals surface area contributed by atoms with E-state index in [-0.39, 0.29) is 16.9 Å². The van der Waals surface area contributed by atoms with Gasteiger partial charge in [-0.15, -0.1) is 0 Å². The molecule has 5 heteroatoms. The Balaban J connectivity index is 1.90. The molecule has 1 saturated carbocycles. The van der Waals surface area contributed by atoms with Gasteiger partial charge in [-0.1, -0.05) is 0 Å². The summed E-state index contributed by atoms with van der Waals surface area (Å²) in [7, 11) is 0. The molecule has 0 aromatic carbocycles. The first-order valence-electron chi connectivity index (χ1n) is 5.74. The highest BCUT2D eigenvalue weighted by molar-refractivity contribution is 5.93. The quantitative estimate of drug-likeness (QED) is 0.805. The summed E-state index contributed by atoms with van der Waals surface area (Å²) in [6, 6.07) is 1.19. The topological polar surface area (TPSA) is 68.0 Å². The van der Waals surface area contributed by atoms with Crippen LogP contribution in [-0.4, -0.2) is 24.0 Å². The van der Waals surface area contributed by atoms with Crippen LogP contribution in [0.2, 0.25) is 0 Å². The Bertz CT molecular complexity index is 418. The maximum absolute atomic E-state index is 12.9. The van der Waals surface area contributed by atoms with Crippen LogP contribution in [0.4, 0.5) is 4.39 Å². The van der Waals surface area contributed by atoms with Crippen molar-refractivity contribution in [2.24, 2.45) is 11.1 Å². The van der Waals surface area contributed by atoms with Gasteiger partial charge < -0.3 is 11.1 Å². The van der Waals surface area contributed by atoms with Crippen LogP contribution >= 0.6 is 0 Å². The van der Waals surface area contributed by atoms with Gasteiger partial charge in [0.15, 0.2) is 0 Å². The number of halogens is 1. The summed E-state index contributed by atoms with van der Waals surface area (Å²) in [4.78, 5) is 15.4. The van der Waals surface area contributed by atoms with Gasteiger partial charge in [-0.2, -0.15) is 0 Å². The van der Waals surface area contributed by atoms with Crippen LogP contribution in [0.15, 0.2) is 18.5 Å². The summed E-state index contributed by atoms with van der Waals surface area (Å²) in [5, 5.41) is 2.81. The monoisotopic (exact) mass is 237 g/mol. The molecule has 0 spiro atoms. The van der Waals surface area contributed by atoms with Gasteiger partial charge >= 0.3 is 0 Å². The zero-order chi connectivity index (χ0) is 12.3. The van der Waals surface area contributed by atoms with Gasteiger partial charge in [-0.05, 0) is 37.3 Å². The van der Waals surface area contributed by atoms with E-state index in [1.165, 1.54) is 12.3 Å². The molecule has 1 aromatic heterocycles. The molecule has 0 radical (unpaired) electrons. The number of aromatic nitrogens is 1. The molecule has 1 heterocycles. The number of hydrogen-bond donors (Lipinski definition) is 2. The number of nitrogens with two attached hydrogens (primary N) is 1. The van der Waals surface area contributed by atoms with Crippen molar-refractivity contribution in [2.45, 2.75) is 19.3 Å². The van der Waals surface area contributed by atoms with Crippen LogP contribution in [0.3, 0.4) is 0 Å². The van der Waals surface area contributed by atoms with Crippen LogP contribution in [-0.2, 0) is 0 Å². The van der Waals surface area contributed by atoms with Crippen LogP contribution in [0, 0.1) is 11.2 Å². The molecule has 1 amide bonds. The smallest absolute Gasteiger partial charge is 0.252 e. The van der Waals surface area contributed by atoms with E-state index in [9.17, 15) is 9.18 Å². The summed E-state index contributed by atoms with van der Waals surface area (Å²) in [6.45, 7) is 1.25. The molecule has 0 atom stereocenters. The molecule has 1 aromatic rings. The lowest BCUT2D eigenvalue weighted by atomic mass is 10.0. The fourth-order valence-electron chi connectivity index (χ4n) is 1.90. The number of rotatable bonds is 5. The third kappa shape index (κ3) is 3.00. The Labute approximate surface area is 99.4 Å². The number of amides is 1. The molecule has 92 valence electrons. The van der Waals surface area contributed by atoms with E-state index in [2.05, 4.69) is 10.3 Å². The standard InChI is InChI=1S/C12H16FN3O/c13-10-5-9(6-15-7-10)11(17)16-8-12(1-2-12)3-4-14/h5-7H,1-4,8,14H2,(H,16,17). The second-order valence-corrected chi connectivity index (χ2v) is 4.61. The van der Waals surface area contributed by atoms with Crippen molar-refractivity contribution < 1.29 is 9.18 Å². The molecule has 1 fully saturated rings. The summed E-state index contributed by atoms with van der Waals surface area (Å²) in [5.41, 5.74) is 5.96. The lowest BCUT2D eigenvalue weighted by molar-refractivity contribution is 0.0943. The maximum atomic E-state index is 12.9. The largest absolute Gasteiger partial charge is 0.351 e. The van der Waals surface area contributed by atoms with Gasteiger partial charge in [0.05, 0.1) is 11.8 Å². The molecule has 0 bridgehead atoms. The van der Waals surface area contributed by atoms with E-state index in [1.54, 1.807) is 0 Å². The summed E-state index contributed by atoms with van der Waals surface area (Å²) < 4.78 is 12.9. The fraction of sp³-hybridized carbons (Fsp3) is 0.500. The molecule has 0 unspecified atom stereocenters. The lowest BCUT2D eigenvalue weighted by Crippen LogP contribution is -2.31. The predicted molar refractivity (Wildman–Crippen MR) is 61.9 cm³/mol. The van der Waals surface area contributed by atoms with Crippen LogP contribution < -0.4 is 11.1 Å². The Hall–Kier alpha value is -1.49. The molecule has 17 heavy (non-hydrogen) atoms. The first kappa shape index (κ1) is 12.0. The minimum Gasteiger partial charge on any atom is -0.351 e. The van der Waals surface area contributed by atoms with Gasteiger partial charge in [0.2, 0.25) is 0 Å². The van der Waals surface area contributed by atoms with E-state index in [1.807, 2.05) is 0 Å². The normalized spacial score (nSPS) is 16.6. The third-order valence-electron chi connectivity index (χ3n) is 3.22.